The molecule has 1 aliphatic heterocycles. The Morgan fingerprint density at radius 3 is 2.48 bits per heavy atom. The topological polar surface area (TPSA) is 61.6 Å². The maximum absolute atomic E-state index is 12.2. The summed E-state index contributed by atoms with van der Waals surface area (Å²) in [5, 5.41) is 3.50. The quantitative estimate of drug-likeness (QED) is 0.685. The van der Waals surface area contributed by atoms with Gasteiger partial charge in [-0.2, -0.15) is 0 Å². The van der Waals surface area contributed by atoms with E-state index in [2.05, 4.69) is 43.1 Å². The van der Waals surface area contributed by atoms with Crippen molar-refractivity contribution in [2.24, 2.45) is 17.6 Å². The van der Waals surface area contributed by atoms with Crippen molar-refractivity contribution in [2.75, 3.05) is 40.3 Å². The van der Waals surface area contributed by atoms with Crippen LogP contribution in [0.25, 0.3) is 0 Å². The number of likely N-dealkylation sites (N-methyl/N-ethyl adjacent to an activating group) is 1. The first kappa shape index (κ1) is 16.7. The van der Waals surface area contributed by atoms with Gasteiger partial charge in [-0.1, -0.05) is 13.8 Å². The molecule has 5 nitrogen and oxygen atoms in total. The van der Waals surface area contributed by atoms with Gasteiger partial charge in [0.1, 0.15) is 5.54 Å². The van der Waals surface area contributed by atoms with Gasteiger partial charge in [0.2, 0.25) is 5.91 Å². The van der Waals surface area contributed by atoms with Gasteiger partial charge in [-0.05, 0) is 51.7 Å². The summed E-state index contributed by atoms with van der Waals surface area (Å²) in [4.78, 5) is 16.9. The first-order valence-corrected chi connectivity index (χ1v) is 8.34. The largest absolute Gasteiger partial charge is 0.368 e. The molecule has 3 N–H and O–H groups in total. The lowest BCUT2D eigenvalue weighted by Gasteiger charge is -2.36. The fourth-order valence-electron chi connectivity index (χ4n) is 3.82. The zero-order chi connectivity index (χ0) is 15.6. The predicted octanol–water partition coefficient (Wildman–Crippen LogP) is 0.502. The molecule has 0 aromatic heterocycles. The minimum atomic E-state index is -0.517. The third-order valence-corrected chi connectivity index (χ3v) is 5.19. The molecule has 1 amide bonds. The van der Waals surface area contributed by atoms with Crippen LogP contribution in [0.2, 0.25) is 0 Å². The summed E-state index contributed by atoms with van der Waals surface area (Å²) in [5.74, 6) is 0.894. The van der Waals surface area contributed by atoms with Crippen molar-refractivity contribution in [1.82, 2.24) is 15.1 Å². The molecule has 1 saturated carbocycles. The summed E-state index contributed by atoms with van der Waals surface area (Å²) in [6, 6.07) is 0.570. The van der Waals surface area contributed by atoms with Crippen LogP contribution in [0.3, 0.4) is 0 Å². The first-order valence-electron chi connectivity index (χ1n) is 8.34. The molecule has 1 saturated heterocycles. The van der Waals surface area contributed by atoms with Crippen LogP contribution in [-0.4, -0.2) is 67.6 Å². The molecule has 0 radical (unpaired) electrons. The molecule has 0 aromatic carbocycles. The number of nitrogens with one attached hydrogen (secondary N) is 1. The SMILES string of the molecule is CCCNC(CN1CC(C)C(N(C)C)C1)(C(N)=O)C1CC1. The minimum Gasteiger partial charge on any atom is -0.368 e. The molecule has 0 bridgehead atoms. The van der Waals surface area contributed by atoms with E-state index in [1.807, 2.05) is 0 Å². The highest BCUT2D eigenvalue weighted by Crippen LogP contribution is 2.41. The van der Waals surface area contributed by atoms with Gasteiger partial charge in [-0.15, -0.1) is 0 Å². The average Bonchev–Trinajstić information content (AvgIpc) is 3.19. The Morgan fingerprint density at radius 2 is 2.05 bits per heavy atom. The second-order valence-corrected chi connectivity index (χ2v) is 7.24. The zero-order valence-corrected chi connectivity index (χ0v) is 14.1. The van der Waals surface area contributed by atoms with Gasteiger partial charge in [0.25, 0.3) is 0 Å². The van der Waals surface area contributed by atoms with Crippen LogP contribution < -0.4 is 11.1 Å². The number of hydrogen-bond acceptors (Lipinski definition) is 4. The number of nitrogens with zero attached hydrogens (tertiary/aromatic N) is 2. The van der Waals surface area contributed by atoms with Crippen LogP contribution in [0.4, 0.5) is 0 Å². The monoisotopic (exact) mass is 296 g/mol. The van der Waals surface area contributed by atoms with E-state index >= 15 is 0 Å². The highest BCUT2D eigenvalue weighted by molar-refractivity contribution is 5.86. The number of likely N-dealkylation sites (tertiary alicyclic amines) is 1. The molecule has 5 heteroatoms. The van der Waals surface area contributed by atoms with Crippen LogP contribution in [0.1, 0.15) is 33.1 Å². The molecule has 1 heterocycles. The van der Waals surface area contributed by atoms with Crippen molar-refractivity contribution in [3.63, 3.8) is 0 Å². The van der Waals surface area contributed by atoms with Crippen LogP contribution >= 0.6 is 0 Å². The lowest BCUT2D eigenvalue weighted by atomic mass is 9.91. The number of amides is 1. The van der Waals surface area contributed by atoms with Gasteiger partial charge in [-0.25, -0.2) is 0 Å². The van der Waals surface area contributed by atoms with E-state index < -0.39 is 5.54 Å². The van der Waals surface area contributed by atoms with Crippen molar-refractivity contribution in [3.05, 3.63) is 0 Å². The maximum atomic E-state index is 12.2. The number of carbonyl (C=O) groups excluding carboxylic acids is 1. The van der Waals surface area contributed by atoms with E-state index in [0.717, 1.165) is 45.4 Å². The van der Waals surface area contributed by atoms with Gasteiger partial charge in [0, 0.05) is 25.7 Å². The van der Waals surface area contributed by atoms with Crippen molar-refractivity contribution in [3.8, 4) is 0 Å². The maximum Gasteiger partial charge on any atom is 0.239 e. The first-order chi connectivity index (χ1) is 9.90. The number of carbonyl (C=O) groups is 1. The highest BCUT2D eigenvalue weighted by Gasteiger charge is 2.51. The van der Waals surface area contributed by atoms with E-state index in [-0.39, 0.29) is 5.91 Å². The van der Waals surface area contributed by atoms with Gasteiger partial charge in [0.05, 0.1) is 0 Å². The van der Waals surface area contributed by atoms with Gasteiger partial charge in [-0.3, -0.25) is 9.69 Å². The third kappa shape index (κ3) is 3.58. The summed E-state index contributed by atoms with van der Waals surface area (Å²) in [5.41, 5.74) is 5.31. The van der Waals surface area contributed by atoms with Gasteiger partial charge in [0.15, 0.2) is 0 Å². The highest BCUT2D eigenvalue weighted by atomic mass is 16.1. The molecule has 0 aromatic rings. The summed E-state index contributed by atoms with van der Waals surface area (Å²) < 4.78 is 0. The molecule has 3 atom stereocenters. The Balaban J connectivity index is 2.07. The van der Waals surface area contributed by atoms with E-state index in [4.69, 9.17) is 5.73 Å². The lowest BCUT2D eigenvalue weighted by Crippen LogP contribution is -2.63. The fraction of sp³-hybridized carbons (Fsp3) is 0.938. The summed E-state index contributed by atoms with van der Waals surface area (Å²) in [6.45, 7) is 8.14. The van der Waals surface area contributed by atoms with E-state index in [0.29, 0.717) is 17.9 Å². The van der Waals surface area contributed by atoms with Crippen molar-refractivity contribution in [1.29, 1.82) is 0 Å². The Kier molecular flexibility index (Phi) is 5.28. The molecule has 1 aliphatic carbocycles. The molecule has 21 heavy (non-hydrogen) atoms. The van der Waals surface area contributed by atoms with E-state index in [1.165, 1.54) is 0 Å². The number of nitrogens with two attached hydrogens (primary N) is 1. The molecular formula is C16H32N4O. The smallest absolute Gasteiger partial charge is 0.239 e. The van der Waals surface area contributed by atoms with Crippen LogP contribution in [-0.2, 0) is 4.79 Å². The normalized spacial score (nSPS) is 29.8. The second kappa shape index (κ2) is 6.63. The zero-order valence-electron chi connectivity index (χ0n) is 14.1. The number of rotatable bonds is 8. The van der Waals surface area contributed by atoms with E-state index in [9.17, 15) is 4.79 Å². The van der Waals surface area contributed by atoms with Crippen molar-refractivity contribution in [2.45, 2.75) is 44.7 Å². The third-order valence-electron chi connectivity index (χ3n) is 5.19. The lowest BCUT2D eigenvalue weighted by molar-refractivity contribution is -0.126. The summed E-state index contributed by atoms with van der Waals surface area (Å²) >= 11 is 0. The second-order valence-electron chi connectivity index (χ2n) is 7.24. The predicted molar refractivity (Wildman–Crippen MR) is 86.0 cm³/mol. The molecule has 2 aliphatic rings. The Bertz CT molecular complexity index is 369. The van der Waals surface area contributed by atoms with Crippen LogP contribution in [0.5, 0.6) is 0 Å². The minimum absolute atomic E-state index is 0.167. The Labute approximate surface area is 129 Å². The fourth-order valence-corrected chi connectivity index (χ4v) is 3.82. The Morgan fingerprint density at radius 1 is 1.38 bits per heavy atom. The van der Waals surface area contributed by atoms with Crippen molar-refractivity contribution < 1.29 is 4.79 Å². The number of hydrogen-bond donors (Lipinski definition) is 2. The van der Waals surface area contributed by atoms with Crippen LogP contribution in [0, 0.1) is 11.8 Å². The Hall–Kier alpha value is -0.650. The molecule has 0 spiro atoms. The molecule has 2 rings (SSSR count). The standard InChI is InChI=1S/C16H32N4O/c1-5-8-18-16(15(17)21,13-6-7-13)11-20-9-12(2)14(10-20)19(3)4/h12-14,18H,5-11H2,1-4H3,(H2,17,21). The van der Waals surface area contributed by atoms with E-state index in [1.54, 1.807) is 0 Å². The van der Waals surface area contributed by atoms with Crippen LogP contribution in [0.15, 0.2) is 0 Å². The molecule has 122 valence electrons. The molecule has 3 unspecified atom stereocenters. The van der Waals surface area contributed by atoms with Crippen molar-refractivity contribution >= 4 is 5.91 Å². The van der Waals surface area contributed by atoms with Gasteiger partial charge >= 0.3 is 0 Å². The average molecular weight is 296 g/mol. The van der Waals surface area contributed by atoms with Gasteiger partial charge < -0.3 is 16.0 Å². The summed E-state index contributed by atoms with van der Waals surface area (Å²) in [6.07, 6.45) is 3.28. The molecule has 2 fully saturated rings. The summed E-state index contributed by atoms with van der Waals surface area (Å²) in [7, 11) is 4.28. The number of primary amides is 1. The molecular weight excluding hydrogens is 264 g/mol.